The average Bonchev–Trinajstić information content (AvgIpc) is 3.56. The molecule has 0 saturated heterocycles. The molecule has 186 valence electrons. The number of aromatic amines is 1. The van der Waals surface area contributed by atoms with E-state index < -0.39 is 21.8 Å². The number of hydrogen-bond donors (Lipinski definition) is 1. The Hall–Kier alpha value is -3.23. The second kappa shape index (κ2) is 8.71. The van der Waals surface area contributed by atoms with Gasteiger partial charge in [-0.05, 0) is 51.8 Å². The van der Waals surface area contributed by atoms with Crippen LogP contribution in [0.2, 0.25) is 0 Å². The lowest BCUT2D eigenvalue weighted by atomic mass is 9.95. The van der Waals surface area contributed by atoms with Gasteiger partial charge in [-0.1, -0.05) is 12.1 Å². The average molecular weight is 597 g/mol. The van der Waals surface area contributed by atoms with E-state index in [1.165, 1.54) is 36.1 Å². The summed E-state index contributed by atoms with van der Waals surface area (Å²) in [4.78, 5) is 7.13. The fourth-order valence-electron chi connectivity index (χ4n) is 3.88. The molecule has 8 nitrogen and oxygen atoms in total. The van der Waals surface area contributed by atoms with Crippen molar-refractivity contribution >= 4 is 53.5 Å². The van der Waals surface area contributed by atoms with E-state index >= 15 is 0 Å². The first-order valence-electron chi connectivity index (χ1n) is 10.3. The van der Waals surface area contributed by atoms with E-state index in [9.17, 15) is 21.6 Å². The normalized spacial score (nSPS) is 12.4. The fraction of sp³-hybridized carbons (Fsp3) is 0.136. The molecule has 3 aromatic heterocycles. The standard InChI is InChI=1S/C22H16BrF3N6O2S2/c1-31-19(7-8-28-31)16-9-12(22(24,25)26)3-5-14(16)17-11-27-18-10-13(4-6-15(17)18)36(33,34)32(2)21-29-20(23)30-35-21/h3-11,27H,1-2H3. The van der Waals surface area contributed by atoms with Crippen molar-refractivity contribution in [2.45, 2.75) is 11.1 Å². The molecule has 5 aromatic rings. The summed E-state index contributed by atoms with van der Waals surface area (Å²) in [5, 5.41) is 4.94. The zero-order chi connectivity index (χ0) is 25.8. The van der Waals surface area contributed by atoms with Crippen LogP contribution in [0.3, 0.4) is 0 Å². The number of fused-ring (bicyclic) bond motifs is 1. The van der Waals surface area contributed by atoms with Gasteiger partial charge in [0.05, 0.1) is 16.2 Å². The lowest BCUT2D eigenvalue weighted by Gasteiger charge is -2.16. The van der Waals surface area contributed by atoms with Crippen LogP contribution in [-0.2, 0) is 23.2 Å². The van der Waals surface area contributed by atoms with E-state index in [1.54, 1.807) is 25.4 Å². The summed E-state index contributed by atoms with van der Waals surface area (Å²) in [6, 6.07) is 9.74. The van der Waals surface area contributed by atoms with Gasteiger partial charge in [0, 0.05) is 60.1 Å². The van der Waals surface area contributed by atoms with E-state index in [1.807, 2.05) is 0 Å². The van der Waals surface area contributed by atoms with Crippen LogP contribution in [0.1, 0.15) is 5.56 Å². The van der Waals surface area contributed by atoms with E-state index in [0.29, 0.717) is 33.3 Å². The fourth-order valence-corrected chi connectivity index (χ4v) is 6.29. The van der Waals surface area contributed by atoms with Gasteiger partial charge in [-0.15, -0.1) is 0 Å². The molecule has 14 heteroatoms. The predicted octanol–water partition coefficient (Wildman–Crippen LogP) is 5.69. The molecule has 0 aliphatic heterocycles. The number of halogens is 4. The van der Waals surface area contributed by atoms with Gasteiger partial charge in [0.2, 0.25) is 9.87 Å². The molecule has 0 radical (unpaired) electrons. The van der Waals surface area contributed by atoms with E-state index in [0.717, 1.165) is 28.0 Å². The van der Waals surface area contributed by atoms with Crippen LogP contribution in [-0.4, -0.2) is 39.6 Å². The van der Waals surface area contributed by atoms with Gasteiger partial charge < -0.3 is 4.98 Å². The Morgan fingerprint density at radius 2 is 1.86 bits per heavy atom. The third-order valence-corrected chi connectivity index (χ3v) is 8.95. The second-order valence-corrected chi connectivity index (χ2v) is 11.2. The molecular formula is C22H16BrF3N6O2S2. The van der Waals surface area contributed by atoms with Crippen LogP contribution in [0, 0.1) is 0 Å². The van der Waals surface area contributed by atoms with Gasteiger partial charge in [-0.3, -0.25) is 4.68 Å². The zero-order valence-corrected chi connectivity index (χ0v) is 21.8. The molecule has 0 bridgehead atoms. The molecule has 0 atom stereocenters. The van der Waals surface area contributed by atoms with Crippen molar-refractivity contribution in [3.63, 3.8) is 0 Å². The number of aromatic nitrogens is 5. The number of alkyl halides is 3. The van der Waals surface area contributed by atoms with Gasteiger partial charge in [-0.2, -0.15) is 27.6 Å². The minimum absolute atomic E-state index is 0.0245. The molecule has 5 rings (SSSR count). The molecule has 0 fully saturated rings. The topological polar surface area (TPSA) is 96.8 Å². The predicted molar refractivity (Wildman–Crippen MR) is 134 cm³/mol. The highest BCUT2D eigenvalue weighted by Crippen LogP contribution is 2.40. The third-order valence-electron chi connectivity index (χ3n) is 5.71. The number of H-pyrrole nitrogens is 1. The summed E-state index contributed by atoms with van der Waals surface area (Å²) < 4.78 is 73.5. The molecule has 0 amide bonds. The molecule has 36 heavy (non-hydrogen) atoms. The van der Waals surface area contributed by atoms with Crippen molar-refractivity contribution in [2.75, 3.05) is 11.4 Å². The highest BCUT2D eigenvalue weighted by Gasteiger charge is 2.32. The number of sulfonamides is 1. The Morgan fingerprint density at radius 1 is 1.08 bits per heavy atom. The van der Waals surface area contributed by atoms with Crippen molar-refractivity contribution in [2.24, 2.45) is 7.05 Å². The molecule has 1 N–H and O–H groups in total. The van der Waals surface area contributed by atoms with Crippen LogP contribution < -0.4 is 4.31 Å². The molecule has 0 aliphatic carbocycles. The molecule has 2 aromatic carbocycles. The monoisotopic (exact) mass is 596 g/mol. The Bertz CT molecular complexity index is 1710. The summed E-state index contributed by atoms with van der Waals surface area (Å²) in [5.74, 6) is 0. The maximum absolute atomic E-state index is 13.5. The van der Waals surface area contributed by atoms with Gasteiger partial charge >= 0.3 is 6.18 Å². The number of nitrogens with zero attached hydrogens (tertiary/aromatic N) is 5. The lowest BCUT2D eigenvalue weighted by molar-refractivity contribution is -0.137. The smallest absolute Gasteiger partial charge is 0.361 e. The minimum atomic E-state index is -4.51. The largest absolute Gasteiger partial charge is 0.416 e. The molecule has 3 heterocycles. The summed E-state index contributed by atoms with van der Waals surface area (Å²) in [7, 11) is -0.897. The minimum Gasteiger partial charge on any atom is -0.361 e. The van der Waals surface area contributed by atoms with Crippen molar-refractivity contribution in [3.05, 3.63) is 65.2 Å². The first-order valence-corrected chi connectivity index (χ1v) is 13.3. The van der Waals surface area contributed by atoms with E-state index in [4.69, 9.17) is 0 Å². The zero-order valence-electron chi connectivity index (χ0n) is 18.6. The van der Waals surface area contributed by atoms with Crippen LogP contribution in [0.15, 0.2) is 64.5 Å². The molecule has 0 aliphatic rings. The van der Waals surface area contributed by atoms with Crippen molar-refractivity contribution < 1.29 is 21.6 Å². The summed E-state index contributed by atoms with van der Waals surface area (Å²) in [6.45, 7) is 0. The molecule has 0 spiro atoms. The highest BCUT2D eigenvalue weighted by atomic mass is 79.9. The number of rotatable bonds is 5. The van der Waals surface area contributed by atoms with E-state index in [2.05, 4.69) is 35.4 Å². The van der Waals surface area contributed by atoms with Crippen molar-refractivity contribution in [1.82, 2.24) is 24.1 Å². The number of aryl methyl sites for hydroxylation is 1. The summed E-state index contributed by atoms with van der Waals surface area (Å²) >= 11 is 4.05. The van der Waals surface area contributed by atoms with Crippen LogP contribution in [0.25, 0.3) is 33.3 Å². The van der Waals surface area contributed by atoms with Gasteiger partial charge in [0.15, 0.2) is 0 Å². The Balaban J connectivity index is 1.62. The van der Waals surface area contributed by atoms with Crippen LogP contribution in [0.5, 0.6) is 0 Å². The number of benzene rings is 2. The molecule has 0 saturated carbocycles. The Kier molecular flexibility index (Phi) is 5.92. The Labute approximate surface area is 215 Å². The maximum Gasteiger partial charge on any atom is 0.416 e. The van der Waals surface area contributed by atoms with Crippen molar-refractivity contribution in [3.8, 4) is 22.4 Å². The molecular weight excluding hydrogens is 581 g/mol. The van der Waals surface area contributed by atoms with Crippen molar-refractivity contribution in [1.29, 1.82) is 0 Å². The summed E-state index contributed by atoms with van der Waals surface area (Å²) in [6.07, 6.45) is -1.35. The molecule has 0 unspecified atom stereocenters. The van der Waals surface area contributed by atoms with E-state index in [-0.39, 0.29) is 14.8 Å². The van der Waals surface area contributed by atoms with Gasteiger partial charge in [-0.25, -0.2) is 12.7 Å². The highest BCUT2D eigenvalue weighted by molar-refractivity contribution is 9.10. The van der Waals surface area contributed by atoms with Crippen LogP contribution >= 0.6 is 27.5 Å². The SMILES string of the molecule is CN(c1nc(Br)ns1)S(=O)(=O)c1ccc2c(-c3ccc(C(F)(F)F)cc3-c3ccnn3C)c[nH]c2c1. The quantitative estimate of drug-likeness (QED) is 0.281. The Morgan fingerprint density at radius 3 is 2.50 bits per heavy atom. The first-order chi connectivity index (χ1) is 17.0. The lowest BCUT2D eigenvalue weighted by Crippen LogP contribution is -2.26. The first kappa shape index (κ1) is 24.5. The maximum atomic E-state index is 13.5. The second-order valence-electron chi connectivity index (χ2n) is 7.83. The summed E-state index contributed by atoms with van der Waals surface area (Å²) in [5.41, 5.74) is 1.76. The number of nitrogens with one attached hydrogen (secondary N) is 1. The van der Waals surface area contributed by atoms with Crippen LogP contribution in [0.4, 0.5) is 18.3 Å². The van der Waals surface area contributed by atoms with Gasteiger partial charge in [0.25, 0.3) is 10.0 Å². The number of hydrogen-bond acceptors (Lipinski definition) is 6. The van der Waals surface area contributed by atoms with Gasteiger partial charge in [0.1, 0.15) is 0 Å². The third kappa shape index (κ3) is 4.18. The number of anilines is 1.